The Kier molecular flexibility index (Phi) is 9.23. The van der Waals surface area contributed by atoms with Crippen LogP contribution in [0.1, 0.15) is 44.7 Å². The molecule has 2 heterocycles. The van der Waals surface area contributed by atoms with Gasteiger partial charge in [0.05, 0.1) is 6.20 Å². The van der Waals surface area contributed by atoms with Crippen LogP contribution in [0.25, 0.3) is 0 Å². The molecule has 0 amide bonds. The molecule has 0 aliphatic rings. The summed E-state index contributed by atoms with van der Waals surface area (Å²) < 4.78 is 12.5. The summed E-state index contributed by atoms with van der Waals surface area (Å²) in [4.78, 5) is 7.61. The second-order valence-electron chi connectivity index (χ2n) is 4.12. The van der Waals surface area contributed by atoms with E-state index in [1.165, 1.54) is 17.8 Å². The van der Waals surface area contributed by atoms with E-state index in [1.807, 2.05) is 52.9 Å². The first kappa shape index (κ1) is 17.2. The molecule has 0 aromatic carbocycles. The molecule has 2 aromatic heterocycles. The molecule has 3 heteroatoms. The van der Waals surface area contributed by atoms with Crippen LogP contribution in [0.5, 0.6) is 0 Å². The van der Waals surface area contributed by atoms with Crippen LogP contribution in [0, 0.1) is 12.7 Å². The lowest BCUT2D eigenvalue weighted by molar-refractivity contribution is 0.616. The number of hydrogen-bond donors (Lipinski definition) is 0. The van der Waals surface area contributed by atoms with Gasteiger partial charge in [-0.25, -0.2) is 4.39 Å². The van der Waals surface area contributed by atoms with Gasteiger partial charge in [0.25, 0.3) is 0 Å². The normalized spacial score (nSPS) is 9.00. The van der Waals surface area contributed by atoms with Gasteiger partial charge in [0.1, 0.15) is 5.82 Å². The molecule has 0 N–H and O–H groups in total. The summed E-state index contributed by atoms with van der Waals surface area (Å²) in [6, 6.07) is 5.46. The summed E-state index contributed by atoms with van der Waals surface area (Å²) in [5.41, 5.74) is 2.16. The van der Waals surface area contributed by atoms with Crippen LogP contribution in [0.15, 0.2) is 43.0 Å². The van der Waals surface area contributed by atoms with Crippen LogP contribution in [0.3, 0.4) is 0 Å². The monoisotopic (exact) mass is 262 g/mol. The van der Waals surface area contributed by atoms with Crippen molar-refractivity contribution in [1.82, 2.24) is 9.97 Å². The molecule has 0 atom stereocenters. The number of halogens is 1. The van der Waals surface area contributed by atoms with Crippen molar-refractivity contribution in [2.75, 3.05) is 0 Å². The van der Waals surface area contributed by atoms with Gasteiger partial charge < -0.3 is 0 Å². The zero-order valence-corrected chi connectivity index (χ0v) is 12.4. The first-order valence-electron chi connectivity index (χ1n) is 6.56. The van der Waals surface area contributed by atoms with Gasteiger partial charge in [-0.2, -0.15) is 0 Å². The van der Waals surface area contributed by atoms with Gasteiger partial charge in [0.15, 0.2) is 0 Å². The number of rotatable bonds is 1. The molecule has 0 saturated heterocycles. The number of aromatic nitrogens is 2. The average molecular weight is 262 g/mol. The fourth-order valence-electron chi connectivity index (χ4n) is 1.19. The predicted molar refractivity (Wildman–Crippen MR) is 78.6 cm³/mol. The number of aryl methyl sites for hydroxylation is 1. The highest BCUT2D eigenvalue weighted by Gasteiger charge is 1.99. The van der Waals surface area contributed by atoms with E-state index in [-0.39, 0.29) is 5.82 Å². The van der Waals surface area contributed by atoms with Gasteiger partial charge in [0, 0.05) is 18.6 Å². The third-order valence-corrected chi connectivity index (χ3v) is 2.20. The second kappa shape index (κ2) is 10.2. The summed E-state index contributed by atoms with van der Waals surface area (Å²) in [5.74, 6) is 0.0920. The SMILES string of the molecule is CC.CC(C)c1cncc(F)c1.Cc1cccnc1. The molecular formula is C16H23FN2. The minimum absolute atomic E-state index is 0.258. The van der Waals surface area contributed by atoms with E-state index < -0.39 is 0 Å². The molecule has 2 rings (SSSR count). The number of hydrogen-bond acceptors (Lipinski definition) is 2. The molecule has 0 bridgehead atoms. The molecule has 0 radical (unpaired) electrons. The van der Waals surface area contributed by atoms with E-state index in [2.05, 4.69) is 9.97 Å². The molecule has 0 aliphatic heterocycles. The standard InChI is InChI=1S/C8H10FN.C6H7N.C2H6/c1-6(2)7-3-8(9)5-10-4-7;1-6-3-2-4-7-5-6;1-2/h3-6H,1-2H3;2-5H,1H3;1-2H3. The maximum Gasteiger partial charge on any atom is 0.141 e. The molecule has 104 valence electrons. The van der Waals surface area contributed by atoms with E-state index in [0.717, 1.165) is 5.56 Å². The molecule has 2 nitrogen and oxygen atoms in total. The van der Waals surface area contributed by atoms with E-state index in [1.54, 1.807) is 12.4 Å². The van der Waals surface area contributed by atoms with Crippen molar-refractivity contribution in [1.29, 1.82) is 0 Å². The van der Waals surface area contributed by atoms with Crippen LogP contribution in [-0.4, -0.2) is 9.97 Å². The fourth-order valence-corrected chi connectivity index (χ4v) is 1.19. The zero-order valence-electron chi connectivity index (χ0n) is 12.4. The summed E-state index contributed by atoms with van der Waals surface area (Å²) in [6.45, 7) is 10.0. The van der Waals surface area contributed by atoms with Gasteiger partial charge in [-0.15, -0.1) is 0 Å². The van der Waals surface area contributed by atoms with Crippen molar-refractivity contribution in [3.05, 3.63) is 59.9 Å². The van der Waals surface area contributed by atoms with Crippen LogP contribution in [0.2, 0.25) is 0 Å². The number of nitrogens with zero attached hydrogens (tertiary/aromatic N) is 2. The first-order chi connectivity index (χ1) is 9.09. The maximum absolute atomic E-state index is 12.5. The van der Waals surface area contributed by atoms with Crippen LogP contribution < -0.4 is 0 Å². The fraction of sp³-hybridized carbons (Fsp3) is 0.375. The largest absolute Gasteiger partial charge is 0.264 e. The Bertz CT molecular complexity index is 442. The molecule has 19 heavy (non-hydrogen) atoms. The van der Waals surface area contributed by atoms with Gasteiger partial charge in [0.2, 0.25) is 0 Å². The van der Waals surface area contributed by atoms with Crippen LogP contribution >= 0.6 is 0 Å². The Morgan fingerprint density at radius 1 is 1.05 bits per heavy atom. The lowest BCUT2D eigenvalue weighted by Crippen LogP contribution is -1.89. The van der Waals surface area contributed by atoms with Crippen molar-refractivity contribution >= 4 is 0 Å². The van der Waals surface area contributed by atoms with Crippen molar-refractivity contribution in [2.45, 2.75) is 40.5 Å². The second-order valence-corrected chi connectivity index (χ2v) is 4.12. The molecule has 0 unspecified atom stereocenters. The Hall–Kier alpha value is -1.77. The molecule has 0 aliphatic carbocycles. The molecule has 2 aromatic rings. The van der Waals surface area contributed by atoms with Crippen molar-refractivity contribution in [3.8, 4) is 0 Å². The van der Waals surface area contributed by atoms with E-state index in [9.17, 15) is 4.39 Å². The minimum Gasteiger partial charge on any atom is -0.264 e. The Morgan fingerprint density at radius 2 is 1.74 bits per heavy atom. The summed E-state index contributed by atoms with van der Waals surface area (Å²) in [7, 11) is 0. The van der Waals surface area contributed by atoms with E-state index >= 15 is 0 Å². The molecule has 0 spiro atoms. The topological polar surface area (TPSA) is 25.8 Å². The lowest BCUT2D eigenvalue weighted by atomic mass is 10.1. The van der Waals surface area contributed by atoms with Gasteiger partial charge in [-0.1, -0.05) is 33.8 Å². The van der Waals surface area contributed by atoms with Crippen molar-refractivity contribution in [3.63, 3.8) is 0 Å². The third kappa shape index (κ3) is 8.03. The van der Waals surface area contributed by atoms with Crippen LogP contribution in [-0.2, 0) is 0 Å². The van der Waals surface area contributed by atoms with Gasteiger partial charge in [-0.3, -0.25) is 9.97 Å². The van der Waals surface area contributed by atoms with E-state index in [4.69, 9.17) is 0 Å². The minimum atomic E-state index is -0.258. The van der Waals surface area contributed by atoms with E-state index in [0.29, 0.717) is 5.92 Å². The zero-order chi connectivity index (χ0) is 14.7. The summed E-state index contributed by atoms with van der Waals surface area (Å²) in [5, 5.41) is 0. The highest BCUT2D eigenvalue weighted by atomic mass is 19.1. The summed E-state index contributed by atoms with van der Waals surface area (Å²) >= 11 is 0. The Morgan fingerprint density at radius 3 is 2.05 bits per heavy atom. The van der Waals surface area contributed by atoms with Crippen molar-refractivity contribution in [2.24, 2.45) is 0 Å². The molecule has 0 saturated carbocycles. The Labute approximate surface area is 115 Å². The van der Waals surface area contributed by atoms with Gasteiger partial charge >= 0.3 is 0 Å². The van der Waals surface area contributed by atoms with Crippen molar-refractivity contribution < 1.29 is 4.39 Å². The Balaban J connectivity index is 0.000000316. The highest BCUT2D eigenvalue weighted by Crippen LogP contribution is 2.12. The highest BCUT2D eigenvalue weighted by molar-refractivity contribution is 5.13. The predicted octanol–water partition coefficient (Wildman–Crippen LogP) is 4.76. The number of pyridine rings is 2. The van der Waals surface area contributed by atoms with Crippen LogP contribution in [0.4, 0.5) is 4.39 Å². The average Bonchev–Trinajstić information content (AvgIpc) is 2.42. The third-order valence-electron chi connectivity index (χ3n) is 2.20. The maximum atomic E-state index is 12.5. The molecular weight excluding hydrogens is 239 g/mol. The van der Waals surface area contributed by atoms with Gasteiger partial charge in [-0.05, 0) is 36.1 Å². The smallest absolute Gasteiger partial charge is 0.141 e. The quantitative estimate of drug-likeness (QED) is 0.740. The summed E-state index contributed by atoms with van der Waals surface area (Å²) in [6.07, 6.45) is 6.51. The lowest BCUT2D eigenvalue weighted by Gasteiger charge is -2.02. The molecule has 0 fully saturated rings. The first-order valence-corrected chi connectivity index (χ1v) is 6.56.